The highest BCUT2D eigenvalue weighted by atomic mass is 32.1. The molecule has 0 saturated carbocycles. The van der Waals surface area contributed by atoms with E-state index in [0.29, 0.717) is 16.2 Å². The maximum atomic E-state index is 14.2. The molecule has 0 N–H and O–H groups in total. The highest BCUT2D eigenvalue weighted by Crippen LogP contribution is 2.29. The van der Waals surface area contributed by atoms with Crippen molar-refractivity contribution in [2.75, 3.05) is 12.0 Å². The molecule has 0 aliphatic heterocycles. The lowest BCUT2D eigenvalue weighted by molar-refractivity contribution is 0.0967. The molecule has 0 radical (unpaired) electrons. The number of benzene rings is 3. The van der Waals surface area contributed by atoms with E-state index >= 15 is 0 Å². The number of halogens is 2. The number of thiazole rings is 1. The summed E-state index contributed by atoms with van der Waals surface area (Å²) >= 11 is 1.52. The number of fused-ring (bicyclic) bond motifs is 1. The predicted molar refractivity (Wildman–Crippen MR) is 121 cm³/mol. The van der Waals surface area contributed by atoms with Gasteiger partial charge in [-0.3, -0.25) is 4.79 Å². The first-order chi connectivity index (χ1) is 15.9. The number of carbonyl (C=O) groups excluding carboxylic acids is 2. The van der Waals surface area contributed by atoms with Gasteiger partial charge in [0.2, 0.25) is 0 Å². The van der Waals surface area contributed by atoms with E-state index in [2.05, 4.69) is 4.98 Å². The molecule has 3 aromatic carbocycles. The average molecular weight is 468 g/mol. The number of anilines is 1. The number of imide groups is 1. The Morgan fingerprint density at radius 2 is 1.76 bits per heavy atom. The number of hydrogen-bond acceptors (Lipinski definition) is 6. The van der Waals surface area contributed by atoms with Crippen LogP contribution >= 0.6 is 11.3 Å². The topological polar surface area (TPSA) is 68.7 Å². The smallest absolute Gasteiger partial charge is 0.421 e. The van der Waals surface area contributed by atoms with Crippen LogP contribution in [0.3, 0.4) is 0 Å². The van der Waals surface area contributed by atoms with Gasteiger partial charge in [0.25, 0.3) is 5.91 Å². The van der Waals surface area contributed by atoms with E-state index < -0.39 is 29.2 Å². The van der Waals surface area contributed by atoms with Gasteiger partial charge in [-0.15, -0.1) is 11.3 Å². The fourth-order valence-electron chi connectivity index (χ4n) is 3.29. The van der Waals surface area contributed by atoms with Crippen molar-refractivity contribution in [2.45, 2.75) is 13.5 Å². The van der Waals surface area contributed by atoms with E-state index in [4.69, 9.17) is 9.47 Å². The van der Waals surface area contributed by atoms with Crippen LogP contribution in [0.15, 0.2) is 60.7 Å². The summed E-state index contributed by atoms with van der Waals surface area (Å²) in [7, 11) is 1.07. The minimum Gasteiger partial charge on any atom is -0.486 e. The SMILES string of the molecule is COC(=O)N(C(=O)c1c(F)cccc1F)c1ccc(OCc2nc3ccccc3s2)cc1C. The van der Waals surface area contributed by atoms with Crippen LogP contribution in [0.2, 0.25) is 0 Å². The van der Waals surface area contributed by atoms with Crippen molar-refractivity contribution in [2.24, 2.45) is 0 Å². The lowest BCUT2D eigenvalue weighted by Gasteiger charge is -2.22. The quantitative estimate of drug-likeness (QED) is 0.366. The molecule has 0 aliphatic carbocycles. The van der Waals surface area contributed by atoms with Crippen LogP contribution in [0.25, 0.3) is 10.2 Å². The number of aryl methyl sites for hydroxylation is 1. The Labute approximate surface area is 192 Å². The number of aromatic nitrogens is 1. The van der Waals surface area contributed by atoms with Gasteiger partial charge in [-0.1, -0.05) is 18.2 Å². The molecule has 0 unspecified atom stereocenters. The Bertz CT molecular complexity index is 1300. The fraction of sp³-hybridized carbons (Fsp3) is 0.125. The Morgan fingerprint density at radius 1 is 1.03 bits per heavy atom. The molecule has 0 saturated heterocycles. The fourth-order valence-corrected chi connectivity index (χ4v) is 4.17. The van der Waals surface area contributed by atoms with Gasteiger partial charge in [0, 0.05) is 0 Å². The maximum absolute atomic E-state index is 14.2. The third kappa shape index (κ3) is 4.54. The van der Waals surface area contributed by atoms with Gasteiger partial charge in [-0.25, -0.2) is 23.5 Å². The first kappa shape index (κ1) is 22.3. The van der Waals surface area contributed by atoms with Gasteiger partial charge in [-0.05, 0) is 55.0 Å². The molecule has 0 atom stereocenters. The van der Waals surface area contributed by atoms with Crippen molar-refractivity contribution >= 4 is 39.2 Å². The minimum atomic E-state index is -1.18. The molecule has 9 heteroatoms. The Hall–Kier alpha value is -3.85. The van der Waals surface area contributed by atoms with E-state index in [1.165, 1.54) is 17.4 Å². The molecular weight excluding hydrogens is 450 g/mol. The van der Waals surface area contributed by atoms with Crippen LogP contribution in [-0.4, -0.2) is 24.1 Å². The average Bonchev–Trinajstić information content (AvgIpc) is 3.22. The standard InChI is InChI=1S/C24H18F2N2O4S/c1-14-12-15(32-13-21-27-18-8-3-4-9-20(18)33-21)10-11-19(14)28(24(30)31-2)23(29)22-16(25)6-5-7-17(22)26/h3-12H,13H2,1-2H3. The van der Waals surface area contributed by atoms with Crippen molar-refractivity contribution in [1.82, 2.24) is 4.98 Å². The number of carbonyl (C=O) groups is 2. The highest BCUT2D eigenvalue weighted by molar-refractivity contribution is 7.18. The van der Waals surface area contributed by atoms with Gasteiger partial charge in [0.1, 0.15) is 34.6 Å². The first-order valence-corrected chi connectivity index (χ1v) is 10.6. The molecule has 0 spiro atoms. The minimum absolute atomic E-state index is 0.113. The van der Waals surface area contributed by atoms with Gasteiger partial charge < -0.3 is 9.47 Å². The molecule has 0 fully saturated rings. The van der Waals surface area contributed by atoms with Crippen LogP contribution in [-0.2, 0) is 11.3 Å². The summed E-state index contributed by atoms with van der Waals surface area (Å²) in [5.41, 5.74) is 0.618. The van der Waals surface area contributed by atoms with Crippen molar-refractivity contribution in [3.63, 3.8) is 0 Å². The number of para-hydroxylation sites is 1. The second kappa shape index (κ2) is 9.33. The monoisotopic (exact) mass is 468 g/mol. The maximum Gasteiger partial charge on any atom is 0.421 e. The van der Waals surface area contributed by atoms with Crippen molar-refractivity contribution < 1.29 is 27.8 Å². The molecule has 0 bridgehead atoms. The van der Waals surface area contributed by atoms with E-state index in [9.17, 15) is 18.4 Å². The highest BCUT2D eigenvalue weighted by Gasteiger charge is 2.31. The van der Waals surface area contributed by atoms with Crippen LogP contribution < -0.4 is 9.64 Å². The summed E-state index contributed by atoms with van der Waals surface area (Å²) in [6.07, 6.45) is -1.08. The van der Waals surface area contributed by atoms with Gasteiger partial charge in [0.05, 0.1) is 23.0 Å². The molecule has 1 heterocycles. The molecule has 1 aromatic heterocycles. The first-order valence-electron chi connectivity index (χ1n) is 9.83. The third-order valence-corrected chi connectivity index (χ3v) is 5.86. The molecule has 6 nitrogen and oxygen atoms in total. The third-order valence-electron chi connectivity index (χ3n) is 4.85. The molecular formula is C24H18F2N2O4S. The Kier molecular flexibility index (Phi) is 6.32. The number of hydrogen-bond donors (Lipinski definition) is 0. The number of rotatable bonds is 5. The van der Waals surface area contributed by atoms with E-state index in [-0.39, 0.29) is 12.3 Å². The van der Waals surface area contributed by atoms with Gasteiger partial charge in [-0.2, -0.15) is 0 Å². The molecule has 4 rings (SSSR count). The largest absolute Gasteiger partial charge is 0.486 e. The summed E-state index contributed by atoms with van der Waals surface area (Å²) in [5.74, 6) is -2.86. The van der Waals surface area contributed by atoms with Crippen molar-refractivity contribution in [3.05, 3.63) is 88.4 Å². The van der Waals surface area contributed by atoms with Gasteiger partial charge in [0.15, 0.2) is 0 Å². The van der Waals surface area contributed by atoms with E-state index in [1.54, 1.807) is 19.1 Å². The number of ether oxygens (including phenoxy) is 2. The summed E-state index contributed by atoms with van der Waals surface area (Å²) in [6, 6.07) is 15.4. The molecule has 4 aromatic rings. The lowest BCUT2D eigenvalue weighted by atomic mass is 10.1. The zero-order valence-electron chi connectivity index (χ0n) is 17.7. The summed E-state index contributed by atoms with van der Waals surface area (Å²) in [4.78, 5) is 30.4. The van der Waals surface area contributed by atoms with Gasteiger partial charge >= 0.3 is 6.09 Å². The molecule has 168 valence electrons. The van der Waals surface area contributed by atoms with Crippen molar-refractivity contribution in [3.8, 4) is 5.75 Å². The lowest BCUT2D eigenvalue weighted by Crippen LogP contribution is -2.38. The van der Waals surface area contributed by atoms with Crippen LogP contribution in [0.5, 0.6) is 5.75 Å². The Morgan fingerprint density at radius 3 is 2.42 bits per heavy atom. The predicted octanol–water partition coefficient (Wildman–Crippen LogP) is 5.88. The van der Waals surface area contributed by atoms with Crippen LogP contribution in [0.1, 0.15) is 20.9 Å². The number of methoxy groups -OCH3 is 1. The molecule has 33 heavy (non-hydrogen) atoms. The van der Waals surface area contributed by atoms with Crippen LogP contribution in [0.4, 0.5) is 19.3 Å². The second-order valence-electron chi connectivity index (χ2n) is 7.02. The molecule has 2 amide bonds. The second-order valence-corrected chi connectivity index (χ2v) is 8.13. The zero-order valence-corrected chi connectivity index (χ0v) is 18.5. The normalized spacial score (nSPS) is 10.8. The number of nitrogens with zero attached hydrogens (tertiary/aromatic N) is 2. The summed E-state index contributed by atoms with van der Waals surface area (Å²) < 4.78 is 39.9. The summed E-state index contributed by atoms with van der Waals surface area (Å²) in [6.45, 7) is 1.87. The summed E-state index contributed by atoms with van der Waals surface area (Å²) in [5, 5.41) is 0.791. The molecule has 0 aliphatic rings. The number of amides is 2. The van der Waals surface area contributed by atoms with Crippen molar-refractivity contribution in [1.29, 1.82) is 0 Å². The Balaban J connectivity index is 1.59. The van der Waals surface area contributed by atoms with E-state index in [1.807, 2.05) is 24.3 Å². The zero-order chi connectivity index (χ0) is 23.5. The van der Waals surface area contributed by atoms with E-state index in [0.717, 1.165) is 40.5 Å². The van der Waals surface area contributed by atoms with Crippen LogP contribution in [0, 0.1) is 18.6 Å².